The molecule has 11 nitrogen and oxygen atoms in total. The minimum Gasteiger partial charge on any atom is -0.461 e. The maximum Gasteiger partial charge on any atom is 0.506 e. The number of nitrogens with zero attached hydrogens (tertiary/aromatic N) is 5. The number of imidazole rings is 1. The molecule has 1 aromatic carbocycles. The molecule has 1 saturated heterocycles. The lowest BCUT2D eigenvalue weighted by atomic mass is 10.1. The zero-order valence-electron chi connectivity index (χ0n) is 21.1. The fourth-order valence-electron chi connectivity index (χ4n) is 4.54. The third-order valence-electron chi connectivity index (χ3n) is 6.19. The molecular formula is C25H34N6O5. The third-order valence-corrected chi connectivity index (χ3v) is 6.19. The Morgan fingerprint density at radius 2 is 1.81 bits per heavy atom. The van der Waals surface area contributed by atoms with Gasteiger partial charge >= 0.3 is 12.2 Å². The van der Waals surface area contributed by atoms with E-state index in [-0.39, 0.29) is 18.4 Å². The van der Waals surface area contributed by atoms with E-state index in [0.29, 0.717) is 30.1 Å². The molecule has 0 spiro atoms. The van der Waals surface area contributed by atoms with Gasteiger partial charge in [0.05, 0.1) is 13.2 Å². The van der Waals surface area contributed by atoms with Gasteiger partial charge < -0.3 is 29.6 Å². The van der Waals surface area contributed by atoms with Crippen molar-refractivity contribution in [2.75, 3.05) is 39.1 Å². The molecule has 3 N–H and O–H groups in total. The number of fused-ring (bicyclic) bond motifs is 1. The van der Waals surface area contributed by atoms with Gasteiger partial charge in [-0.05, 0) is 50.9 Å². The van der Waals surface area contributed by atoms with Crippen molar-refractivity contribution in [2.24, 2.45) is 0 Å². The van der Waals surface area contributed by atoms with Crippen molar-refractivity contribution in [1.29, 1.82) is 0 Å². The van der Waals surface area contributed by atoms with Gasteiger partial charge in [0.1, 0.15) is 6.61 Å². The average molecular weight is 499 g/mol. The van der Waals surface area contributed by atoms with Crippen molar-refractivity contribution in [2.45, 2.75) is 51.8 Å². The van der Waals surface area contributed by atoms with E-state index in [9.17, 15) is 9.90 Å². The zero-order chi connectivity index (χ0) is 25.7. The Labute approximate surface area is 210 Å². The second-order valence-corrected chi connectivity index (χ2v) is 9.46. The Hall–Kier alpha value is -3.44. The van der Waals surface area contributed by atoms with Crippen LogP contribution in [0.1, 0.15) is 50.1 Å². The van der Waals surface area contributed by atoms with E-state index in [1.54, 1.807) is 21.0 Å². The number of aromatic nitrogens is 4. The molecule has 3 aromatic rings. The van der Waals surface area contributed by atoms with E-state index in [2.05, 4.69) is 32.0 Å². The van der Waals surface area contributed by atoms with Gasteiger partial charge in [-0.25, -0.2) is 9.78 Å². The second-order valence-electron chi connectivity index (χ2n) is 9.46. The summed E-state index contributed by atoms with van der Waals surface area (Å²) >= 11 is 0. The van der Waals surface area contributed by atoms with E-state index in [0.717, 1.165) is 25.2 Å². The highest BCUT2D eigenvalue weighted by atomic mass is 16.7. The molecule has 2 aromatic heterocycles. The van der Waals surface area contributed by atoms with Crippen LogP contribution in [-0.2, 0) is 28.2 Å². The number of hydrogen-bond donors (Lipinski definition) is 2. The summed E-state index contributed by atoms with van der Waals surface area (Å²) < 4.78 is 17.6. The standard InChI is InChI=1S/C25H34N6O5/c1-25(2,36-24(32)33)22-27-19-20(26)28-23(35-13-12-34-3)29-21(19)31(22)16-18-9-7-8-17(14-18)15-30-10-5-4-6-11-30/h7-9,14H,4-6,10-13,15-16H2,1-3H3,(H,32,33)(H2,26,28,29). The predicted molar refractivity (Wildman–Crippen MR) is 134 cm³/mol. The monoisotopic (exact) mass is 498 g/mol. The van der Waals surface area contributed by atoms with Gasteiger partial charge in [0.15, 0.2) is 28.4 Å². The second kappa shape index (κ2) is 11.1. The smallest absolute Gasteiger partial charge is 0.461 e. The van der Waals surface area contributed by atoms with Gasteiger partial charge in [-0.3, -0.25) is 4.90 Å². The number of methoxy groups -OCH3 is 1. The average Bonchev–Trinajstić information content (AvgIpc) is 3.19. The first-order chi connectivity index (χ1) is 17.3. The fourth-order valence-corrected chi connectivity index (χ4v) is 4.54. The highest BCUT2D eigenvalue weighted by Crippen LogP contribution is 2.31. The molecule has 1 aliphatic heterocycles. The van der Waals surface area contributed by atoms with Gasteiger partial charge in [0.2, 0.25) is 0 Å². The topological polar surface area (TPSA) is 138 Å². The van der Waals surface area contributed by atoms with Crippen molar-refractivity contribution in [3.63, 3.8) is 0 Å². The number of nitrogens with two attached hydrogens (primary N) is 1. The van der Waals surface area contributed by atoms with E-state index in [1.165, 1.54) is 24.8 Å². The van der Waals surface area contributed by atoms with Crippen molar-refractivity contribution < 1.29 is 24.1 Å². The molecule has 4 rings (SSSR count). The molecule has 0 bridgehead atoms. The molecule has 1 aliphatic rings. The summed E-state index contributed by atoms with van der Waals surface area (Å²) in [4.78, 5) is 27.3. The lowest BCUT2D eigenvalue weighted by Crippen LogP contribution is -2.29. The Morgan fingerprint density at radius 1 is 1.08 bits per heavy atom. The first kappa shape index (κ1) is 25.6. The maximum absolute atomic E-state index is 11.4. The van der Waals surface area contributed by atoms with Crippen LogP contribution in [0, 0.1) is 0 Å². The molecule has 0 atom stereocenters. The molecule has 0 saturated carbocycles. The summed E-state index contributed by atoms with van der Waals surface area (Å²) in [7, 11) is 1.58. The van der Waals surface area contributed by atoms with Gasteiger partial charge in [-0.15, -0.1) is 0 Å². The normalized spacial score (nSPS) is 14.8. The highest BCUT2D eigenvalue weighted by molar-refractivity contribution is 5.83. The number of carboxylic acid groups (broad SMARTS) is 1. The van der Waals surface area contributed by atoms with Crippen molar-refractivity contribution in [3.05, 3.63) is 41.2 Å². The number of ether oxygens (including phenoxy) is 3. The van der Waals surface area contributed by atoms with Crippen molar-refractivity contribution in [1.82, 2.24) is 24.4 Å². The maximum atomic E-state index is 11.4. The van der Waals surface area contributed by atoms with Crippen LogP contribution >= 0.6 is 0 Å². The Kier molecular flexibility index (Phi) is 7.90. The summed E-state index contributed by atoms with van der Waals surface area (Å²) in [6.45, 7) is 7.43. The molecule has 11 heteroatoms. The lowest BCUT2D eigenvalue weighted by molar-refractivity contribution is -0.00576. The van der Waals surface area contributed by atoms with Gasteiger partial charge in [-0.1, -0.05) is 30.7 Å². The van der Waals surface area contributed by atoms with Crippen LogP contribution in [0.15, 0.2) is 24.3 Å². The summed E-state index contributed by atoms with van der Waals surface area (Å²) in [6, 6.07) is 8.45. The third kappa shape index (κ3) is 6.03. The van der Waals surface area contributed by atoms with Crippen LogP contribution in [0.4, 0.5) is 10.6 Å². The molecule has 194 valence electrons. The molecule has 36 heavy (non-hydrogen) atoms. The van der Waals surface area contributed by atoms with E-state index >= 15 is 0 Å². The minimum atomic E-state index is -1.40. The Morgan fingerprint density at radius 3 is 2.50 bits per heavy atom. The number of hydrogen-bond acceptors (Lipinski definition) is 9. The van der Waals surface area contributed by atoms with Gasteiger partial charge in [-0.2, -0.15) is 9.97 Å². The fraction of sp³-hybridized carbons (Fsp3) is 0.520. The van der Waals surface area contributed by atoms with Crippen LogP contribution in [0.2, 0.25) is 0 Å². The molecule has 3 heterocycles. The summed E-state index contributed by atoms with van der Waals surface area (Å²) in [5, 5.41) is 9.33. The van der Waals surface area contributed by atoms with E-state index in [4.69, 9.17) is 19.9 Å². The van der Waals surface area contributed by atoms with Crippen LogP contribution in [-0.4, -0.2) is 69.1 Å². The van der Waals surface area contributed by atoms with Crippen molar-refractivity contribution >= 4 is 23.1 Å². The molecule has 0 amide bonds. The molecule has 0 radical (unpaired) electrons. The molecular weight excluding hydrogens is 464 g/mol. The number of nitrogen functional groups attached to an aromatic ring is 1. The largest absolute Gasteiger partial charge is 0.506 e. The SMILES string of the molecule is COCCOc1nc(N)c2nc(C(C)(C)OC(=O)O)n(Cc3cccc(CN4CCCCC4)c3)c2n1. The van der Waals surface area contributed by atoms with Crippen molar-refractivity contribution in [3.8, 4) is 6.01 Å². The molecule has 0 unspecified atom stereocenters. The number of carbonyl (C=O) groups is 1. The summed E-state index contributed by atoms with van der Waals surface area (Å²) in [5.74, 6) is 0.508. The highest BCUT2D eigenvalue weighted by Gasteiger charge is 2.33. The van der Waals surface area contributed by atoms with Crippen LogP contribution < -0.4 is 10.5 Å². The summed E-state index contributed by atoms with van der Waals surface area (Å²) in [5.41, 5.74) is 7.99. The van der Waals surface area contributed by atoms with Crippen LogP contribution in [0.25, 0.3) is 11.2 Å². The first-order valence-corrected chi connectivity index (χ1v) is 12.1. The van der Waals surface area contributed by atoms with Gasteiger partial charge in [0.25, 0.3) is 0 Å². The van der Waals surface area contributed by atoms with E-state index < -0.39 is 11.8 Å². The lowest BCUT2D eigenvalue weighted by Gasteiger charge is -2.26. The first-order valence-electron chi connectivity index (χ1n) is 12.1. The molecule has 1 fully saturated rings. The predicted octanol–water partition coefficient (Wildman–Crippen LogP) is 3.40. The van der Waals surface area contributed by atoms with Gasteiger partial charge in [0, 0.05) is 13.7 Å². The Bertz CT molecular complexity index is 1210. The quantitative estimate of drug-likeness (QED) is 0.316. The zero-order valence-corrected chi connectivity index (χ0v) is 21.1. The number of benzene rings is 1. The number of rotatable bonds is 10. The number of piperidine rings is 1. The van der Waals surface area contributed by atoms with Crippen LogP contribution in [0.3, 0.4) is 0 Å². The Balaban J connectivity index is 1.72. The molecule has 0 aliphatic carbocycles. The minimum absolute atomic E-state index is 0.0977. The number of likely N-dealkylation sites (tertiary alicyclic amines) is 1. The van der Waals surface area contributed by atoms with E-state index in [1.807, 2.05) is 16.7 Å². The summed E-state index contributed by atoms with van der Waals surface area (Å²) in [6.07, 6.45) is 2.37. The van der Waals surface area contributed by atoms with Crippen LogP contribution in [0.5, 0.6) is 6.01 Å². The number of anilines is 1.